The lowest BCUT2D eigenvalue weighted by Crippen LogP contribution is -2.16. The largest absolute Gasteiger partial charge is 0.493 e. The number of carbonyl (C=O) groups excluding carboxylic acids is 1. The Bertz CT molecular complexity index is 1670. The maximum absolute atomic E-state index is 13.6. The molecule has 0 bridgehead atoms. The first-order chi connectivity index (χ1) is 20.6. The van der Waals surface area contributed by atoms with E-state index in [1.165, 1.54) is 0 Å². The van der Waals surface area contributed by atoms with Crippen LogP contribution in [0, 0.1) is 0 Å². The van der Waals surface area contributed by atoms with Crippen molar-refractivity contribution < 1.29 is 14.3 Å². The number of ether oxygens (including phenoxy) is 2. The Balaban J connectivity index is 1.54. The molecule has 1 N–H and O–H groups in total. The van der Waals surface area contributed by atoms with Crippen LogP contribution >= 0.6 is 15.9 Å². The van der Waals surface area contributed by atoms with Gasteiger partial charge in [-0.25, -0.2) is 4.79 Å². The average Bonchev–Trinajstić information content (AvgIpc) is 3.54. The predicted molar refractivity (Wildman–Crippen MR) is 174 cm³/mol. The Morgan fingerprint density at radius 3 is 2.57 bits per heavy atom. The summed E-state index contributed by atoms with van der Waals surface area (Å²) >= 11 is 3.65. The summed E-state index contributed by atoms with van der Waals surface area (Å²) in [6.07, 6.45) is 5.33. The SMILES string of the molecule is CCOC(=O)c1c(CCCOc2cccc3ccccc23)c2cccc(-c3cnn(C)c3CBr)c2n1CCCCNC. The number of aromatic nitrogens is 3. The molecule has 0 saturated heterocycles. The molecule has 8 heteroatoms. The molecule has 0 saturated carbocycles. The number of para-hydroxylation sites is 1. The summed E-state index contributed by atoms with van der Waals surface area (Å²) in [4.78, 5) is 13.6. The van der Waals surface area contributed by atoms with Crippen LogP contribution in [0.3, 0.4) is 0 Å². The number of alkyl halides is 1. The second-order valence-electron chi connectivity index (χ2n) is 10.4. The predicted octanol–water partition coefficient (Wildman–Crippen LogP) is 7.28. The van der Waals surface area contributed by atoms with Crippen LogP contribution in [0.25, 0.3) is 32.8 Å². The van der Waals surface area contributed by atoms with Crippen LogP contribution in [0.5, 0.6) is 5.75 Å². The molecule has 0 amide bonds. The summed E-state index contributed by atoms with van der Waals surface area (Å²) in [5.41, 5.74) is 5.96. The van der Waals surface area contributed by atoms with Crippen molar-refractivity contribution in [3.8, 4) is 16.9 Å². The van der Waals surface area contributed by atoms with Crippen LogP contribution < -0.4 is 10.1 Å². The van der Waals surface area contributed by atoms with Crippen LogP contribution in [0.15, 0.2) is 66.9 Å². The van der Waals surface area contributed by atoms with E-state index in [4.69, 9.17) is 9.47 Å². The molecule has 0 unspecified atom stereocenters. The highest BCUT2D eigenvalue weighted by Gasteiger charge is 2.26. The smallest absolute Gasteiger partial charge is 0.355 e. The van der Waals surface area contributed by atoms with Crippen molar-refractivity contribution in [1.29, 1.82) is 0 Å². The molecular formula is C34H39BrN4O3. The zero-order chi connectivity index (χ0) is 29.5. The highest BCUT2D eigenvalue weighted by Crippen LogP contribution is 2.37. The van der Waals surface area contributed by atoms with Crippen molar-refractivity contribution >= 4 is 43.6 Å². The lowest BCUT2D eigenvalue weighted by Gasteiger charge is -2.14. The number of nitrogens with zero attached hydrogens (tertiary/aromatic N) is 3. The molecule has 0 fully saturated rings. The number of unbranched alkanes of at least 4 members (excludes halogenated alkanes) is 1. The first-order valence-corrected chi connectivity index (χ1v) is 15.8. The minimum absolute atomic E-state index is 0.273. The number of carbonyl (C=O) groups is 1. The van der Waals surface area contributed by atoms with Crippen LogP contribution in [0.4, 0.5) is 0 Å². The van der Waals surface area contributed by atoms with Crippen molar-refractivity contribution in [1.82, 2.24) is 19.7 Å². The molecule has 3 aromatic carbocycles. The summed E-state index contributed by atoms with van der Waals surface area (Å²) in [6, 6.07) is 20.8. The van der Waals surface area contributed by atoms with Gasteiger partial charge in [-0.1, -0.05) is 70.5 Å². The molecule has 42 heavy (non-hydrogen) atoms. The number of hydrogen-bond acceptors (Lipinski definition) is 5. The van der Waals surface area contributed by atoms with Gasteiger partial charge in [-0.15, -0.1) is 0 Å². The minimum atomic E-state index is -0.273. The van der Waals surface area contributed by atoms with Gasteiger partial charge >= 0.3 is 5.97 Å². The molecule has 2 aromatic heterocycles. The number of benzene rings is 3. The topological polar surface area (TPSA) is 70.3 Å². The maximum atomic E-state index is 13.6. The molecule has 0 spiro atoms. The molecule has 220 valence electrons. The van der Waals surface area contributed by atoms with Crippen molar-refractivity contribution in [2.24, 2.45) is 7.05 Å². The quantitative estimate of drug-likeness (QED) is 0.0793. The zero-order valence-electron chi connectivity index (χ0n) is 24.7. The van der Waals surface area contributed by atoms with Gasteiger partial charge in [0.05, 0.1) is 30.6 Å². The molecule has 7 nitrogen and oxygen atoms in total. The van der Waals surface area contributed by atoms with Crippen molar-refractivity contribution in [2.75, 3.05) is 26.8 Å². The van der Waals surface area contributed by atoms with Crippen LogP contribution in [0.2, 0.25) is 0 Å². The molecule has 0 radical (unpaired) electrons. The summed E-state index contributed by atoms with van der Waals surface area (Å²) in [5.74, 6) is 0.608. The Kier molecular flexibility index (Phi) is 9.97. The number of hydrogen-bond donors (Lipinski definition) is 1. The summed E-state index contributed by atoms with van der Waals surface area (Å²) in [6.45, 7) is 4.38. The molecule has 2 heterocycles. The number of esters is 1. The fourth-order valence-electron chi connectivity index (χ4n) is 5.78. The summed E-state index contributed by atoms with van der Waals surface area (Å²) < 4.78 is 16.0. The van der Waals surface area contributed by atoms with E-state index >= 15 is 0 Å². The number of nitrogens with one attached hydrogen (secondary N) is 1. The van der Waals surface area contributed by atoms with E-state index in [0.29, 0.717) is 30.7 Å². The normalized spacial score (nSPS) is 11.4. The third-order valence-corrected chi connectivity index (χ3v) is 8.30. The molecular weight excluding hydrogens is 592 g/mol. The second-order valence-corrected chi connectivity index (χ2v) is 11.0. The van der Waals surface area contributed by atoms with Gasteiger partial charge in [0.15, 0.2) is 0 Å². The molecule has 0 aliphatic heterocycles. The first-order valence-electron chi connectivity index (χ1n) is 14.7. The van der Waals surface area contributed by atoms with E-state index in [1.54, 1.807) is 0 Å². The molecule has 0 aliphatic rings. The number of fused-ring (bicyclic) bond motifs is 2. The lowest BCUT2D eigenvalue weighted by atomic mass is 10.00. The zero-order valence-corrected chi connectivity index (χ0v) is 26.2. The van der Waals surface area contributed by atoms with Gasteiger partial charge in [0.2, 0.25) is 0 Å². The maximum Gasteiger partial charge on any atom is 0.355 e. The van der Waals surface area contributed by atoms with Gasteiger partial charge in [-0.2, -0.15) is 5.10 Å². The van der Waals surface area contributed by atoms with Gasteiger partial charge in [0.25, 0.3) is 0 Å². The highest BCUT2D eigenvalue weighted by molar-refractivity contribution is 9.08. The molecule has 0 aliphatic carbocycles. The second kappa shape index (κ2) is 14.0. The van der Waals surface area contributed by atoms with Gasteiger partial charge in [-0.05, 0) is 63.2 Å². The van der Waals surface area contributed by atoms with Crippen LogP contribution in [-0.4, -0.2) is 47.1 Å². The minimum Gasteiger partial charge on any atom is -0.493 e. The van der Waals surface area contributed by atoms with Gasteiger partial charge in [0.1, 0.15) is 11.4 Å². The Morgan fingerprint density at radius 1 is 0.976 bits per heavy atom. The Hall–Kier alpha value is -3.62. The highest BCUT2D eigenvalue weighted by atomic mass is 79.9. The number of halogens is 1. The van der Waals surface area contributed by atoms with E-state index in [0.717, 1.165) is 82.2 Å². The van der Waals surface area contributed by atoms with Gasteiger partial charge in [-0.3, -0.25) is 4.68 Å². The fourth-order valence-corrected chi connectivity index (χ4v) is 6.44. The first kappa shape index (κ1) is 29.9. The molecule has 0 atom stereocenters. The van der Waals surface area contributed by atoms with Crippen LogP contribution in [0.1, 0.15) is 47.9 Å². The van der Waals surface area contributed by atoms with Gasteiger partial charge in [0, 0.05) is 40.8 Å². The summed E-state index contributed by atoms with van der Waals surface area (Å²) in [5, 5.41) is 11.8. The average molecular weight is 632 g/mol. The van der Waals surface area contributed by atoms with E-state index in [-0.39, 0.29) is 5.97 Å². The van der Waals surface area contributed by atoms with Crippen molar-refractivity contribution in [3.63, 3.8) is 0 Å². The Morgan fingerprint density at radius 2 is 1.76 bits per heavy atom. The standard InChI is InChI=1S/C34H39BrN4O3/c1-4-41-34(40)33-27(17-11-21-42-31-18-9-13-24-12-5-6-14-25(24)31)26-15-10-16-28(29-23-37-38(3)30(29)22-35)32(26)39(33)20-8-7-19-36-2/h5-6,9-10,12-16,18,23,36H,4,7-8,11,17,19-22H2,1-3H3. The van der Waals surface area contributed by atoms with Crippen molar-refractivity contribution in [2.45, 2.75) is 44.5 Å². The Labute approximate surface area is 255 Å². The van der Waals surface area contributed by atoms with E-state index < -0.39 is 0 Å². The number of rotatable bonds is 14. The lowest BCUT2D eigenvalue weighted by molar-refractivity contribution is 0.0512. The fraction of sp³-hybridized carbons (Fsp3) is 0.353. The van der Waals surface area contributed by atoms with Gasteiger partial charge < -0.3 is 19.4 Å². The molecule has 5 rings (SSSR count). The third kappa shape index (κ3) is 6.10. The van der Waals surface area contributed by atoms with E-state index in [2.05, 4.69) is 67.3 Å². The summed E-state index contributed by atoms with van der Waals surface area (Å²) in [7, 11) is 3.93. The van der Waals surface area contributed by atoms with E-state index in [1.807, 2.05) is 56.2 Å². The van der Waals surface area contributed by atoms with Crippen molar-refractivity contribution in [3.05, 3.63) is 83.8 Å². The van der Waals surface area contributed by atoms with E-state index in [9.17, 15) is 4.79 Å². The molecule has 5 aromatic rings. The monoisotopic (exact) mass is 630 g/mol. The van der Waals surface area contributed by atoms with Crippen LogP contribution in [-0.2, 0) is 30.1 Å². The third-order valence-electron chi connectivity index (χ3n) is 7.77. The number of aryl methyl sites for hydroxylation is 3.